The van der Waals surface area contributed by atoms with Crippen LogP contribution in [0.25, 0.3) is 0 Å². The summed E-state index contributed by atoms with van der Waals surface area (Å²) in [5.74, 6) is 0.834. The highest BCUT2D eigenvalue weighted by Gasteiger charge is 2.39. The van der Waals surface area contributed by atoms with Gasteiger partial charge >= 0.3 is 5.97 Å². The maximum atomic E-state index is 12.6. The molecule has 1 heterocycles. The number of carbonyl (C=O) groups excluding carboxylic acids is 2. The zero-order valence-electron chi connectivity index (χ0n) is 15.6. The van der Waals surface area contributed by atoms with Crippen LogP contribution < -0.4 is 14.8 Å². The maximum absolute atomic E-state index is 12.6. The molecule has 3 rings (SSSR count). The predicted octanol–water partition coefficient (Wildman–Crippen LogP) is 2.35. The van der Waals surface area contributed by atoms with Gasteiger partial charge in [-0.15, -0.1) is 0 Å². The van der Waals surface area contributed by atoms with Gasteiger partial charge in [-0.3, -0.25) is 4.79 Å². The average Bonchev–Trinajstić information content (AvgIpc) is 3.25. The number of methoxy groups -OCH3 is 2. The normalized spacial score (nSPS) is 17.9. The number of carbonyl (C=O) groups is 2. The van der Waals surface area contributed by atoms with E-state index in [1.165, 1.54) is 26.4 Å². The second kappa shape index (κ2) is 7.65. The first kappa shape index (κ1) is 18.7. The van der Waals surface area contributed by atoms with Crippen molar-refractivity contribution < 1.29 is 28.3 Å². The predicted molar refractivity (Wildman–Crippen MR) is 93.6 cm³/mol. The number of nitrogens with one attached hydrogen (secondary N) is 1. The Morgan fingerprint density at radius 3 is 2.48 bits per heavy atom. The van der Waals surface area contributed by atoms with Crippen molar-refractivity contribution in [2.24, 2.45) is 11.8 Å². The Labute approximate surface area is 156 Å². The number of rotatable bonds is 7. The zero-order chi connectivity index (χ0) is 19.6. The Balaban J connectivity index is 1.83. The molecule has 1 amide bonds. The van der Waals surface area contributed by atoms with E-state index in [0.29, 0.717) is 28.9 Å². The first-order valence-corrected chi connectivity index (χ1v) is 8.46. The van der Waals surface area contributed by atoms with Crippen LogP contribution in [-0.4, -0.2) is 36.2 Å². The Morgan fingerprint density at radius 2 is 1.93 bits per heavy atom. The van der Waals surface area contributed by atoms with Crippen LogP contribution >= 0.6 is 0 Å². The molecule has 0 saturated heterocycles. The van der Waals surface area contributed by atoms with Crippen LogP contribution in [0.3, 0.4) is 0 Å². The van der Waals surface area contributed by atoms with Crippen molar-refractivity contribution >= 4 is 17.6 Å². The highest BCUT2D eigenvalue weighted by atomic mass is 16.6. The summed E-state index contributed by atoms with van der Waals surface area (Å²) in [7, 11) is 2.93. The average molecular weight is 375 g/mol. The van der Waals surface area contributed by atoms with Gasteiger partial charge in [0.05, 0.1) is 25.5 Å². The standard InChI is InChI=1S/C18H21N3O6/c1-9-5-11(9)17(22)20-13-7-15(25-4)14(24-3)6-12(13)18(23)26-8-16-19-10(2)21-27-16/h6-7,9,11H,5,8H2,1-4H3,(H,20,22). The summed E-state index contributed by atoms with van der Waals surface area (Å²) in [6.07, 6.45) is 0.829. The number of benzene rings is 1. The third-order valence-electron chi connectivity index (χ3n) is 4.34. The minimum atomic E-state index is -0.661. The number of hydrogen-bond acceptors (Lipinski definition) is 8. The lowest BCUT2D eigenvalue weighted by atomic mass is 10.1. The SMILES string of the molecule is COc1cc(NC(=O)C2CC2C)c(C(=O)OCc2nc(C)no2)cc1OC. The number of amides is 1. The number of ether oxygens (including phenoxy) is 3. The molecule has 1 N–H and O–H groups in total. The number of nitrogens with zero attached hydrogens (tertiary/aromatic N) is 2. The molecule has 0 spiro atoms. The Morgan fingerprint density at radius 1 is 1.26 bits per heavy atom. The van der Waals surface area contributed by atoms with E-state index in [4.69, 9.17) is 18.7 Å². The van der Waals surface area contributed by atoms with Crippen molar-refractivity contribution in [3.8, 4) is 11.5 Å². The first-order valence-electron chi connectivity index (χ1n) is 8.46. The van der Waals surface area contributed by atoms with Crippen LogP contribution in [0.15, 0.2) is 16.7 Å². The highest BCUT2D eigenvalue weighted by Crippen LogP contribution is 2.40. The number of aryl methyl sites for hydroxylation is 1. The third-order valence-corrected chi connectivity index (χ3v) is 4.34. The number of hydrogen-bond donors (Lipinski definition) is 1. The summed E-state index contributed by atoms with van der Waals surface area (Å²) in [6.45, 7) is 3.48. The van der Waals surface area contributed by atoms with Gasteiger partial charge in [0.1, 0.15) is 0 Å². The fourth-order valence-electron chi connectivity index (χ4n) is 2.67. The number of aromatic nitrogens is 2. The minimum absolute atomic E-state index is 0.0525. The lowest BCUT2D eigenvalue weighted by Crippen LogP contribution is -2.18. The fraction of sp³-hybridized carbons (Fsp3) is 0.444. The summed E-state index contributed by atoms with van der Waals surface area (Å²) in [5, 5.41) is 6.42. The second-order valence-corrected chi connectivity index (χ2v) is 6.37. The maximum Gasteiger partial charge on any atom is 0.340 e. The molecule has 1 aliphatic rings. The summed E-state index contributed by atoms with van der Waals surface area (Å²) >= 11 is 0. The van der Waals surface area contributed by atoms with Gasteiger partial charge in [-0.25, -0.2) is 4.79 Å². The molecule has 0 bridgehead atoms. The largest absolute Gasteiger partial charge is 0.493 e. The Bertz CT molecular complexity index is 863. The van der Waals surface area contributed by atoms with Crippen molar-refractivity contribution in [2.75, 3.05) is 19.5 Å². The van der Waals surface area contributed by atoms with Crippen LogP contribution in [0.4, 0.5) is 5.69 Å². The molecule has 9 heteroatoms. The molecule has 1 saturated carbocycles. The van der Waals surface area contributed by atoms with Gasteiger partial charge in [0.15, 0.2) is 23.9 Å². The van der Waals surface area contributed by atoms with Crippen molar-refractivity contribution in [1.82, 2.24) is 10.1 Å². The van der Waals surface area contributed by atoms with E-state index in [1.807, 2.05) is 6.92 Å². The molecule has 144 valence electrons. The smallest absolute Gasteiger partial charge is 0.340 e. The van der Waals surface area contributed by atoms with E-state index in [1.54, 1.807) is 6.92 Å². The van der Waals surface area contributed by atoms with Crippen molar-refractivity contribution in [2.45, 2.75) is 26.9 Å². The molecular weight excluding hydrogens is 354 g/mol. The topological polar surface area (TPSA) is 113 Å². The second-order valence-electron chi connectivity index (χ2n) is 6.37. The zero-order valence-corrected chi connectivity index (χ0v) is 15.6. The Kier molecular flexibility index (Phi) is 5.29. The summed E-state index contributed by atoms with van der Waals surface area (Å²) in [5.41, 5.74) is 0.439. The lowest BCUT2D eigenvalue weighted by molar-refractivity contribution is -0.117. The van der Waals surface area contributed by atoms with Crippen LogP contribution in [0.1, 0.15) is 35.4 Å². The third kappa shape index (κ3) is 4.18. The first-order chi connectivity index (χ1) is 12.9. The lowest BCUT2D eigenvalue weighted by Gasteiger charge is -2.15. The van der Waals surface area contributed by atoms with E-state index in [-0.39, 0.29) is 29.9 Å². The molecule has 1 fully saturated rings. The van der Waals surface area contributed by atoms with E-state index in [0.717, 1.165) is 6.42 Å². The molecule has 9 nitrogen and oxygen atoms in total. The summed E-state index contributed by atoms with van der Waals surface area (Å²) in [4.78, 5) is 28.9. The molecule has 0 radical (unpaired) electrons. The Hall–Kier alpha value is -3.10. The van der Waals surface area contributed by atoms with E-state index in [9.17, 15) is 9.59 Å². The number of esters is 1. The van der Waals surface area contributed by atoms with E-state index < -0.39 is 5.97 Å². The van der Waals surface area contributed by atoms with Crippen molar-refractivity contribution in [3.63, 3.8) is 0 Å². The molecule has 1 aromatic carbocycles. The van der Waals surface area contributed by atoms with Gasteiger partial charge in [-0.1, -0.05) is 12.1 Å². The monoisotopic (exact) mass is 375 g/mol. The molecule has 1 aliphatic carbocycles. The summed E-state index contributed by atoms with van der Waals surface area (Å²) in [6, 6.07) is 3.00. The molecular formula is C18H21N3O6. The molecule has 27 heavy (non-hydrogen) atoms. The van der Waals surface area contributed by atoms with Crippen LogP contribution in [-0.2, 0) is 16.1 Å². The van der Waals surface area contributed by atoms with Crippen molar-refractivity contribution in [1.29, 1.82) is 0 Å². The molecule has 2 unspecified atom stereocenters. The van der Waals surface area contributed by atoms with E-state index in [2.05, 4.69) is 15.5 Å². The van der Waals surface area contributed by atoms with Gasteiger partial charge < -0.3 is 24.1 Å². The van der Waals surface area contributed by atoms with Gasteiger partial charge in [-0.05, 0) is 19.3 Å². The molecule has 2 atom stereocenters. The van der Waals surface area contributed by atoms with Gasteiger partial charge in [-0.2, -0.15) is 4.98 Å². The molecule has 1 aromatic heterocycles. The van der Waals surface area contributed by atoms with Crippen molar-refractivity contribution in [3.05, 3.63) is 29.4 Å². The van der Waals surface area contributed by atoms with Gasteiger partial charge in [0, 0.05) is 18.1 Å². The summed E-state index contributed by atoms with van der Waals surface area (Å²) < 4.78 is 20.7. The van der Waals surface area contributed by atoms with E-state index >= 15 is 0 Å². The molecule has 0 aliphatic heterocycles. The van der Waals surface area contributed by atoms with Crippen LogP contribution in [0.2, 0.25) is 0 Å². The van der Waals surface area contributed by atoms with Crippen LogP contribution in [0.5, 0.6) is 11.5 Å². The number of anilines is 1. The quantitative estimate of drug-likeness (QED) is 0.734. The minimum Gasteiger partial charge on any atom is -0.493 e. The van der Waals surface area contributed by atoms with Gasteiger partial charge in [0.2, 0.25) is 5.91 Å². The fourth-order valence-corrected chi connectivity index (χ4v) is 2.67. The van der Waals surface area contributed by atoms with Crippen LogP contribution in [0, 0.1) is 18.8 Å². The van der Waals surface area contributed by atoms with Gasteiger partial charge in [0.25, 0.3) is 5.89 Å². The highest BCUT2D eigenvalue weighted by molar-refractivity contribution is 6.03. The molecule has 2 aromatic rings.